The van der Waals surface area contributed by atoms with Crippen molar-refractivity contribution in [3.63, 3.8) is 0 Å². The Morgan fingerprint density at radius 2 is 2.00 bits per heavy atom. The normalized spacial score (nSPS) is 22.1. The summed E-state index contributed by atoms with van der Waals surface area (Å²) in [4.78, 5) is 0. The maximum atomic E-state index is 12.2. The van der Waals surface area contributed by atoms with E-state index >= 15 is 0 Å². The Hall–Kier alpha value is -0.340. The molecule has 1 fully saturated rings. The number of nitrogens with one attached hydrogen (secondary N) is 1. The third-order valence-corrected chi connectivity index (χ3v) is 5.52. The number of sulfonamides is 1. The predicted octanol–water partition coefficient (Wildman–Crippen LogP) is 2.12. The van der Waals surface area contributed by atoms with E-state index < -0.39 is 28.4 Å². The molecule has 1 unspecified atom stereocenters. The van der Waals surface area contributed by atoms with Gasteiger partial charge in [0, 0.05) is 19.0 Å². The minimum atomic E-state index is -4.29. The van der Waals surface area contributed by atoms with Crippen LogP contribution in [0.25, 0.3) is 0 Å². The van der Waals surface area contributed by atoms with Crippen molar-refractivity contribution in [2.45, 2.75) is 50.7 Å². The monoisotopic (exact) mass is 316 g/mol. The lowest BCUT2D eigenvalue weighted by molar-refractivity contribution is -0.134. The summed E-state index contributed by atoms with van der Waals surface area (Å²) in [5, 5.41) is 2.98. The van der Waals surface area contributed by atoms with E-state index in [9.17, 15) is 21.6 Å². The van der Waals surface area contributed by atoms with Crippen LogP contribution >= 0.6 is 0 Å². The summed E-state index contributed by atoms with van der Waals surface area (Å²) in [6.07, 6.45) is -2.43. The number of halogens is 3. The molecule has 1 aliphatic rings. The average molecular weight is 316 g/mol. The summed E-state index contributed by atoms with van der Waals surface area (Å²) >= 11 is 0. The maximum Gasteiger partial charge on any atom is 0.389 e. The molecule has 0 amide bonds. The molecule has 8 heteroatoms. The quantitative estimate of drug-likeness (QED) is 0.783. The van der Waals surface area contributed by atoms with Crippen LogP contribution in [0.4, 0.5) is 13.2 Å². The molecule has 1 heterocycles. The first-order valence-electron chi connectivity index (χ1n) is 6.97. The number of hydrogen-bond donors (Lipinski definition) is 1. The summed E-state index contributed by atoms with van der Waals surface area (Å²) in [5.41, 5.74) is 0. The van der Waals surface area contributed by atoms with Crippen LogP contribution in [-0.4, -0.2) is 50.8 Å². The second-order valence-corrected chi connectivity index (χ2v) is 7.23. The van der Waals surface area contributed by atoms with Crippen LogP contribution in [0.1, 0.15) is 38.5 Å². The van der Waals surface area contributed by atoms with Crippen molar-refractivity contribution in [3.05, 3.63) is 0 Å². The molecule has 0 aromatic heterocycles. The molecule has 0 aromatic carbocycles. The van der Waals surface area contributed by atoms with Gasteiger partial charge in [0.25, 0.3) is 0 Å². The van der Waals surface area contributed by atoms with E-state index in [0.29, 0.717) is 19.5 Å². The van der Waals surface area contributed by atoms with Crippen molar-refractivity contribution in [3.8, 4) is 0 Å². The zero-order valence-corrected chi connectivity index (χ0v) is 12.6. The first kappa shape index (κ1) is 17.7. The summed E-state index contributed by atoms with van der Waals surface area (Å²) < 4.78 is 62.1. The van der Waals surface area contributed by atoms with Crippen molar-refractivity contribution in [1.82, 2.24) is 9.62 Å². The Labute approximate surface area is 118 Å². The molecule has 4 nitrogen and oxygen atoms in total. The van der Waals surface area contributed by atoms with Crippen molar-refractivity contribution < 1.29 is 21.6 Å². The van der Waals surface area contributed by atoms with Gasteiger partial charge in [-0.1, -0.05) is 6.42 Å². The topological polar surface area (TPSA) is 49.4 Å². The van der Waals surface area contributed by atoms with Crippen LogP contribution in [-0.2, 0) is 10.0 Å². The smallest absolute Gasteiger partial charge is 0.320 e. The summed E-state index contributed by atoms with van der Waals surface area (Å²) in [7, 11) is -1.78. The van der Waals surface area contributed by atoms with Crippen LogP contribution in [0.2, 0.25) is 0 Å². The van der Waals surface area contributed by atoms with E-state index in [1.54, 1.807) is 7.05 Å². The fourth-order valence-electron chi connectivity index (χ4n) is 2.51. The van der Waals surface area contributed by atoms with E-state index in [1.807, 2.05) is 0 Å². The van der Waals surface area contributed by atoms with Gasteiger partial charge in [-0.2, -0.15) is 17.5 Å². The number of rotatable bonds is 7. The number of hydrogen-bond acceptors (Lipinski definition) is 3. The fourth-order valence-corrected chi connectivity index (χ4v) is 4.33. The highest BCUT2D eigenvalue weighted by molar-refractivity contribution is 7.89. The van der Waals surface area contributed by atoms with Gasteiger partial charge in [0.1, 0.15) is 0 Å². The Kier molecular flexibility index (Phi) is 6.74. The van der Waals surface area contributed by atoms with Gasteiger partial charge in [0.2, 0.25) is 10.0 Å². The third kappa shape index (κ3) is 5.97. The minimum Gasteiger partial charge on any atom is -0.320 e. The second-order valence-electron chi connectivity index (χ2n) is 5.19. The molecule has 1 rings (SSSR count). The molecular weight excluding hydrogens is 293 g/mol. The average Bonchev–Trinajstić information content (AvgIpc) is 2.34. The SMILES string of the molecule is CNCCC1CCCCN1S(=O)(=O)CCCC(F)(F)F. The van der Waals surface area contributed by atoms with Gasteiger partial charge in [0.05, 0.1) is 5.75 Å². The molecule has 20 heavy (non-hydrogen) atoms. The number of piperidine rings is 1. The summed E-state index contributed by atoms with van der Waals surface area (Å²) in [5.74, 6) is -0.414. The lowest BCUT2D eigenvalue weighted by Gasteiger charge is -2.34. The van der Waals surface area contributed by atoms with Crippen molar-refractivity contribution in [1.29, 1.82) is 0 Å². The Morgan fingerprint density at radius 3 is 2.60 bits per heavy atom. The van der Waals surface area contributed by atoms with Crippen LogP contribution in [0.15, 0.2) is 0 Å². The van der Waals surface area contributed by atoms with Gasteiger partial charge in [-0.15, -0.1) is 0 Å². The molecule has 1 N–H and O–H groups in total. The van der Waals surface area contributed by atoms with Crippen LogP contribution in [0.5, 0.6) is 0 Å². The largest absolute Gasteiger partial charge is 0.389 e. The van der Waals surface area contributed by atoms with Gasteiger partial charge < -0.3 is 5.32 Å². The first-order valence-corrected chi connectivity index (χ1v) is 8.58. The summed E-state index contributed by atoms with van der Waals surface area (Å²) in [6.45, 7) is 1.14. The van der Waals surface area contributed by atoms with Crippen LogP contribution in [0, 0.1) is 0 Å². The van der Waals surface area contributed by atoms with Crippen molar-refractivity contribution >= 4 is 10.0 Å². The lowest BCUT2D eigenvalue weighted by Crippen LogP contribution is -2.45. The molecule has 0 saturated carbocycles. The van der Waals surface area contributed by atoms with Crippen LogP contribution in [0.3, 0.4) is 0 Å². The standard InChI is InChI=1S/C12H23F3N2O2S/c1-16-8-6-11-5-2-3-9-17(11)20(18,19)10-4-7-12(13,14)15/h11,16H,2-10H2,1H3. The molecule has 120 valence electrons. The number of nitrogens with zero attached hydrogens (tertiary/aromatic N) is 1. The molecule has 1 atom stereocenters. The first-order chi connectivity index (χ1) is 9.26. The number of alkyl halides is 3. The molecular formula is C12H23F3N2O2S. The summed E-state index contributed by atoms with van der Waals surface area (Å²) in [6, 6.07) is -0.0768. The van der Waals surface area contributed by atoms with Gasteiger partial charge in [-0.25, -0.2) is 8.42 Å². The Bertz CT molecular complexity index is 385. The molecule has 0 aliphatic carbocycles. The fraction of sp³-hybridized carbons (Fsp3) is 1.00. The molecule has 0 aromatic rings. The Morgan fingerprint density at radius 1 is 1.30 bits per heavy atom. The van der Waals surface area contributed by atoms with E-state index in [-0.39, 0.29) is 12.5 Å². The van der Waals surface area contributed by atoms with E-state index in [2.05, 4.69) is 5.32 Å². The highest BCUT2D eigenvalue weighted by Gasteiger charge is 2.33. The zero-order valence-electron chi connectivity index (χ0n) is 11.7. The minimum absolute atomic E-state index is 0.0768. The molecule has 0 spiro atoms. The molecule has 1 aliphatic heterocycles. The van der Waals surface area contributed by atoms with Crippen LogP contribution < -0.4 is 5.32 Å². The van der Waals surface area contributed by atoms with Gasteiger partial charge in [-0.3, -0.25) is 0 Å². The third-order valence-electron chi connectivity index (χ3n) is 3.52. The predicted molar refractivity (Wildman–Crippen MR) is 72.0 cm³/mol. The van der Waals surface area contributed by atoms with Crippen molar-refractivity contribution in [2.24, 2.45) is 0 Å². The molecule has 1 saturated heterocycles. The van der Waals surface area contributed by atoms with E-state index in [0.717, 1.165) is 19.3 Å². The van der Waals surface area contributed by atoms with Gasteiger partial charge in [0.15, 0.2) is 0 Å². The van der Waals surface area contributed by atoms with Gasteiger partial charge >= 0.3 is 6.18 Å². The molecule has 0 radical (unpaired) electrons. The highest BCUT2D eigenvalue weighted by Crippen LogP contribution is 2.25. The van der Waals surface area contributed by atoms with E-state index in [1.165, 1.54) is 4.31 Å². The van der Waals surface area contributed by atoms with E-state index in [4.69, 9.17) is 0 Å². The highest BCUT2D eigenvalue weighted by atomic mass is 32.2. The second kappa shape index (κ2) is 7.61. The van der Waals surface area contributed by atoms with Crippen molar-refractivity contribution in [2.75, 3.05) is 25.9 Å². The van der Waals surface area contributed by atoms with Gasteiger partial charge in [-0.05, 0) is 39.3 Å². The zero-order chi connectivity index (χ0) is 15.2. The molecule has 0 bridgehead atoms. The Balaban J connectivity index is 2.58. The lowest BCUT2D eigenvalue weighted by atomic mass is 10.0. The maximum absolute atomic E-state index is 12.2.